The van der Waals surface area contributed by atoms with Crippen molar-refractivity contribution in [1.29, 1.82) is 0 Å². The fourth-order valence-corrected chi connectivity index (χ4v) is 13.3. The zero-order chi connectivity index (χ0) is 70.9. The van der Waals surface area contributed by atoms with Crippen molar-refractivity contribution in [3.05, 3.63) is 0 Å². The molecule has 0 aliphatic carbocycles. The maximum Gasteiger partial charge on any atom is 0.472 e. The number of carbonyl (C=O) groups excluding carboxylic acids is 4. The van der Waals surface area contributed by atoms with Crippen LogP contribution in [0.2, 0.25) is 0 Å². The van der Waals surface area contributed by atoms with Gasteiger partial charge in [-0.2, -0.15) is 0 Å². The number of carbonyl (C=O) groups is 4. The zero-order valence-electron chi connectivity index (χ0n) is 62.8. The molecule has 0 spiro atoms. The molecular formula is C77H150O17P2. The number of aliphatic hydroxyl groups is 1. The highest BCUT2D eigenvalue weighted by Gasteiger charge is 2.30. The van der Waals surface area contributed by atoms with Crippen LogP contribution < -0.4 is 0 Å². The van der Waals surface area contributed by atoms with Crippen LogP contribution in [-0.2, 0) is 65.4 Å². The Hall–Kier alpha value is -1.94. The molecular weight excluding hydrogens is 1260 g/mol. The van der Waals surface area contributed by atoms with Crippen molar-refractivity contribution >= 4 is 39.5 Å². The van der Waals surface area contributed by atoms with E-state index in [-0.39, 0.29) is 25.7 Å². The summed E-state index contributed by atoms with van der Waals surface area (Å²) >= 11 is 0. The van der Waals surface area contributed by atoms with E-state index in [1.165, 1.54) is 199 Å². The van der Waals surface area contributed by atoms with E-state index in [2.05, 4.69) is 48.5 Å². The van der Waals surface area contributed by atoms with Gasteiger partial charge in [0.2, 0.25) is 0 Å². The normalized spacial score (nSPS) is 14.3. The van der Waals surface area contributed by atoms with Crippen molar-refractivity contribution in [3.8, 4) is 0 Å². The Bertz CT molecular complexity index is 1870. The van der Waals surface area contributed by atoms with Crippen LogP contribution in [0.4, 0.5) is 0 Å². The molecule has 3 N–H and O–H groups in total. The van der Waals surface area contributed by atoms with Crippen LogP contribution in [0.25, 0.3) is 0 Å². The number of hydrogen-bond donors (Lipinski definition) is 3. The van der Waals surface area contributed by atoms with Gasteiger partial charge < -0.3 is 33.8 Å². The highest BCUT2D eigenvalue weighted by Crippen LogP contribution is 2.45. The molecule has 570 valence electrons. The monoisotopic (exact) mass is 1410 g/mol. The summed E-state index contributed by atoms with van der Waals surface area (Å²) in [5, 5.41) is 10.6. The molecule has 0 radical (unpaired) electrons. The van der Waals surface area contributed by atoms with Gasteiger partial charge in [-0.3, -0.25) is 37.3 Å². The summed E-state index contributed by atoms with van der Waals surface area (Å²) in [6.07, 6.45) is 54.0. The van der Waals surface area contributed by atoms with Gasteiger partial charge in [0, 0.05) is 25.7 Å². The topological polar surface area (TPSA) is 237 Å². The number of esters is 4. The van der Waals surface area contributed by atoms with Crippen molar-refractivity contribution in [1.82, 2.24) is 0 Å². The largest absolute Gasteiger partial charge is 0.472 e. The molecule has 0 fully saturated rings. The summed E-state index contributed by atoms with van der Waals surface area (Å²) in [4.78, 5) is 72.9. The molecule has 0 aliphatic rings. The van der Waals surface area contributed by atoms with Gasteiger partial charge in [-0.25, -0.2) is 9.13 Å². The van der Waals surface area contributed by atoms with E-state index in [4.69, 9.17) is 37.0 Å². The van der Waals surface area contributed by atoms with Gasteiger partial charge in [0.25, 0.3) is 0 Å². The van der Waals surface area contributed by atoms with E-state index in [9.17, 15) is 43.2 Å². The number of aliphatic hydroxyl groups excluding tert-OH is 1. The molecule has 6 atom stereocenters. The van der Waals surface area contributed by atoms with Gasteiger partial charge in [0.1, 0.15) is 19.3 Å². The Balaban J connectivity index is 5.25. The minimum atomic E-state index is -4.96. The van der Waals surface area contributed by atoms with Crippen LogP contribution >= 0.6 is 15.6 Å². The van der Waals surface area contributed by atoms with Crippen LogP contribution in [0.5, 0.6) is 0 Å². The molecule has 0 saturated carbocycles. The number of hydrogen-bond acceptors (Lipinski definition) is 15. The summed E-state index contributed by atoms with van der Waals surface area (Å²) in [6, 6.07) is 0. The lowest BCUT2D eigenvalue weighted by molar-refractivity contribution is -0.161. The summed E-state index contributed by atoms with van der Waals surface area (Å²) in [6.45, 7) is 11.9. The van der Waals surface area contributed by atoms with E-state index in [1.54, 1.807) is 0 Å². The van der Waals surface area contributed by atoms with Gasteiger partial charge in [0.15, 0.2) is 12.2 Å². The maximum atomic E-state index is 13.1. The molecule has 0 aromatic carbocycles. The Labute approximate surface area is 588 Å². The van der Waals surface area contributed by atoms with Crippen LogP contribution in [-0.4, -0.2) is 96.7 Å². The Morgan fingerprint density at radius 3 is 0.792 bits per heavy atom. The molecule has 3 unspecified atom stereocenters. The van der Waals surface area contributed by atoms with E-state index >= 15 is 0 Å². The molecule has 0 aromatic heterocycles. The lowest BCUT2D eigenvalue weighted by atomic mass is 9.99. The number of phosphoric ester groups is 2. The minimum Gasteiger partial charge on any atom is -0.462 e. The summed E-state index contributed by atoms with van der Waals surface area (Å²) in [5.41, 5.74) is 0. The number of phosphoric acid groups is 2. The standard InChI is InChI=1S/C77H150O17P2/c1-8-10-11-12-13-14-15-16-20-25-31-38-46-53-60-77(82)94-73(65-88-75(80)59-52-45-40-33-35-42-49-56-69(5)6)67-92-96(85,86)90-63-71(78)62-89-95(83,84)91-66-72(64-87-74(79)58-51-44-37-30-27-22-23-28-34-41-48-55-68(3)4)93-76(81)61-54-47-39-32-26-21-18-17-19-24-29-36-43-50-57-70(7)9-2/h68-73,78H,8-67H2,1-7H3,(H,83,84)(H,85,86)/t70?,71-,72-,73-/m1/s1. The Kier molecular flexibility index (Phi) is 66.2. The maximum absolute atomic E-state index is 13.1. The predicted molar refractivity (Wildman–Crippen MR) is 391 cm³/mol. The van der Waals surface area contributed by atoms with Crippen LogP contribution in [0.1, 0.15) is 395 Å². The van der Waals surface area contributed by atoms with Crippen molar-refractivity contribution < 1.29 is 80.2 Å². The van der Waals surface area contributed by atoms with Crippen LogP contribution in [0.15, 0.2) is 0 Å². The fourth-order valence-electron chi connectivity index (χ4n) is 11.7. The van der Waals surface area contributed by atoms with Crippen molar-refractivity contribution in [2.75, 3.05) is 39.6 Å². The van der Waals surface area contributed by atoms with Gasteiger partial charge in [-0.1, -0.05) is 344 Å². The molecule has 0 saturated heterocycles. The predicted octanol–water partition coefficient (Wildman–Crippen LogP) is 22.6. The van der Waals surface area contributed by atoms with Gasteiger partial charge in [0.05, 0.1) is 26.4 Å². The Morgan fingerprint density at radius 2 is 0.531 bits per heavy atom. The summed E-state index contributed by atoms with van der Waals surface area (Å²) in [5.74, 6) is 0.206. The molecule has 0 amide bonds. The van der Waals surface area contributed by atoms with Crippen molar-refractivity contribution in [3.63, 3.8) is 0 Å². The molecule has 0 bridgehead atoms. The third-order valence-corrected chi connectivity index (χ3v) is 20.1. The molecule has 0 aliphatic heterocycles. The lowest BCUT2D eigenvalue weighted by Crippen LogP contribution is -2.30. The second kappa shape index (κ2) is 67.5. The van der Waals surface area contributed by atoms with E-state index in [0.717, 1.165) is 108 Å². The van der Waals surface area contributed by atoms with Gasteiger partial charge in [-0.15, -0.1) is 0 Å². The minimum absolute atomic E-state index is 0.107. The van der Waals surface area contributed by atoms with Crippen LogP contribution in [0, 0.1) is 17.8 Å². The smallest absolute Gasteiger partial charge is 0.462 e. The molecule has 0 heterocycles. The number of ether oxygens (including phenoxy) is 4. The summed E-state index contributed by atoms with van der Waals surface area (Å²) in [7, 11) is -9.91. The summed E-state index contributed by atoms with van der Waals surface area (Å²) < 4.78 is 68.6. The molecule has 0 rings (SSSR count). The quantitative estimate of drug-likeness (QED) is 0.0222. The number of unbranched alkanes of at least 4 members (excludes halogenated alkanes) is 42. The first-order chi connectivity index (χ1) is 46.3. The third kappa shape index (κ3) is 69.2. The van der Waals surface area contributed by atoms with Gasteiger partial charge >= 0.3 is 39.5 Å². The fraction of sp³-hybridized carbons (Fsp3) is 0.948. The zero-order valence-corrected chi connectivity index (χ0v) is 64.6. The second-order valence-corrected chi connectivity index (χ2v) is 31.8. The van der Waals surface area contributed by atoms with E-state index in [0.29, 0.717) is 31.6 Å². The molecule has 96 heavy (non-hydrogen) atoms. The first-order valence-corrected chi connectivity index (χ1v) is 42.9. The number of rotatable bonds is 75. The van der Waals surface area contributed by atoms with Gasteiger partial charge in [-0.05, 0) is 43.4 Å². The molecule has 0 aromatic rings. The molecule has 19 heteroatoms. The molecule has 17 nitrogen and oxygen atoms in total. The van der Waals surface area contributed by atoms with E-state index in [1.807, 2.05) is 0 Å². The first-order valence-electron chi connectivity index (χ1n) is 39.9. The SMILES string of the molecule is CCCCCCCCCCCCCCCCC(=O)O[C@H](COC(=O)CCCCCCCCCC(C)C)COP(=O)(O)OC[C@H](O)COP(=O)(O)OC[C@@H](COC(=O)CCCCCCCCCCCCCC(C)C)OC(=O)CCCCCCCCCCCCCCCCC(C)CC. The average molecular weight is 1410 g/mol. The first kappa shape index (κ1) is 94.1. The van der Waals surface area contributed by atoms with Crippen LogP contribution in [0.3, 0.4) is 0 Å². The third-order valence-electron chi connectivity index (χ3n) is 18.2. The highest BCUT2D eigenvalue weighted by atomic mass is 31.2. The highest BCUT2D eigenvalue weighted by molar-refractivity contribution is 7.47. The Morgan fingerprint density at radius 1 is 0.302 bits per heavy atom. The average Bonchev–Trinajstić information content (AvgIpc) is 2.02. The lowest BCUT2D eigenvalue weighted by Gasteiger charge is -2.21. The van der Waals surface area contributed by atoms with Crippen molar-refractivity contribution in [2.24, 2.45) is 17.8 Å². The van der Waals surface area contributed by atoms with E-state index < -0.39 is 97.5 Å². The second-order valence-electron chi connectivity index (χ2n) is 28.9. The van der Waals surface area contributed by atoms with Crippen molar-refractivity contribution in [2.45, 2.75) is 414 Å².